The lowest BCUT2D eigenvalue weighted by atomic mass is 9.44. The molecule has 6 aliphatic carbocycles. The molecule has 0 bridgehead atoms. The molecule has 366 valence electrons. The van der Waals surface area contributed by atoms with Crippen LogP contribution in [-0.2, 0) is 32.0 Å². The van der Waals surface area contributed by atoms with Crippen molar-refractivity contribution in [2.45, 2.75) is 126 Å². The van der Waals surface area contributed by atoms with Gasteiger partial charge in [0, 0.05) is 74.2 Å². The van der Waals surface area contributed by atoms with Crippen LogP contribution in [0.2, 0.25) is 0 Å². The van der Waals surface area contributed by atoms with E-state index in [0.29, 0.717) is 33.4 Å². The first-order valence-electron chi connectivity index (χ1n) is 23.8. The van der Waals surface area contributed by atoms with Crippen molar-refractivity contribution in [1.29, 1.82) is 0 Å². The van der Waals surface area contributed by atoms with Gasteiger partial charge in [-0.2, -0.15) is 0 Å². The van der Waals surface area contributed by atoms with Crippen LogP contribution in [-0.4, -0.2) is 81.6 Å². The fourth-order valence-corrected chi connectivity index (χ4v) is 14.3. The number of fused-ring (bicyclic) bond motifs is 6. The number of carbonyl (C=O) groups is 6. The van der Waals surface area contributed by atoms with Crippen LogP contribution in [0.15, 0.2) is 69.6 Å². The molecule has 0 saturated carbocycles. The Bertz CT molecular complexity index is 2910. The van der Waals surface area contributed by atoms with Gasteiger partial charge in [0.15, 0.2) is 34.3 Å². The summed E-state index contributed by atoms with van der Waals surface area (Å²) in [6, 6.07) is 6.45. The van der Waals surface area contributed by atoms with E-state index in [2.05, 4.69) is 23.7 Å². The van der Waals surface area contributed by atoms with Crippen molar-refractivity contribution in [3.8, 4) is 29.4 Å². The SMILES string of the molecule is CC(=O)C1=C(O)C(C(C)C)[C@@]2(C)C[C@@]3(C)Cc4c(C#CCCC#Cc5ccc(O)c6c5C[C@]5(C)C[C@]7(C)C(C(C)C)C(O)=C(C(C)=O)C(=O)[C@]7(O)C(O)=C5C6=O)ccc(C)c4C(=O)C3=C(O)[C@@]2(O)C1=O. The number of carbonyl (C=O) groups excluding carboxylic acids is 6. The number of phenolic OH excluding ortho intramolecular Hbond substituents is 1. The van der Waals surface area contributed by atoms with Crippen LogP contribution in [0, 0.1) is 75.9 Å². The van der Waals surface area contributed by atoms with Gasteiger partial charge in [-0.3, -0.25) is 28.8 Å². The van der Waals surface area contributed by atoms with Crippen molar-refractivity contribution >= 4 is 34.7 Å². The molecule has 0 heterocycles. The maximum atomic E-state index is 14.6. The standard InChI is InChI=1S/C57H60O13/c1-26(2)40-45(62)37(29(6)58)48(65)56(69)50(67)42-44(61)36-28(5)18-19-31(33(36)22-52(42,8)24-54(40,56)10)16-14-12-13-15-17-32-20-21-35(60)39-34(32)23-53(9)25-55(11)41(27(3)4)46(63)38(30(7)59)49(66)57(55,70)51(68)43(53)47(39)64/h18-21,26-27,40-41,60,62-63,67-70H,12-13,22-25H2,1-11H3/t40?,41?,52-,53-,54-,55-,56+,57+/m1/s1. The van der Waals surface area contributed by atoms with Crippen molar-refractivity contribution in [3.63, 3.8) is 0 Å². The Hall–Kier alpha value is -6.54. The Labute approximate surface area is 407 Å². The number of Topliss-reactive ketones (excluding diaryl/α,β-unsaturated/α-hetero) is 6. The van der Waals surface area contributed by atoms with Gasteiger partial charge in [0.2, 0.25) is 11.6 Å². The minimum Gasteiger partial charge on any atom is -0.511 e. The summed E-state index contributed by atoms with van der Waals surface area (Å²) in [7, 11) is 0. The highest BCUT2D eigenvalue weighted by molar-refractivity contribution is 6.26. The molecular weight excluding hydrogens is 893 g/mol. The fraction of sp³-hybridized carbons (Fsp3) is 0.474. The van der Waals surface area contributed by atoms with E-state index in [1.807, 2.05) is 6.07 Å². The fourth-order valence-electron chi connectivity index (χ4n) is 14.3. The van der Waals surface area contributed by atoms with E-state index in [9.17, 15) is 64.5 Å². The predicted octanol–water partition coefficient (Wildman–Crippen LogP) is 7.79. The first kappa shape index (κ1) is 49.9. The Morgan fingerprint density at radius 3 is 1.37 bits per heavy atom. The monoisotopic (exact) mass is 952 g/mol. The third-order valence-corrected chi connectivity index (χ3v) is 16.8. The van der Waals surface area contributed by atoms with Crippen molar-refractivity contribution in [1.82, 2.24) is 0 Å². The molecule has 6 aliphatic rings. The van der Waals surface area contributed by atoms with E-state index >= 15 is 0 Å². The third-order valence-electron chi connectivity index (χ3n) is 16.8. The Balaban J connectivity index is 1.10. The lowest BCUT2D eigenvalue weighted by molar-refractivity contribution is -0.172. The minimum absolute atomic E-state index is 0.00828. The summed E-state index contributed by atoms with van der Waals surface area (Å²) in [5, 5.41) is 82.8. The van der Waals surface area contributed by atoms with Gasteiger partial charge in [0.1, 0.15) is 39.9 Å². The summed E-state index contributed by atoms with van der Waals surface area (Å²) in [6.45, 7) is 17.8. The molecule has 0 radical (unpaired) electrons. The van der Waals surface area contributed by atoms with Gasteiger partial charge in [-0.05, 0) is 93.2 Å². The molecule has 8 rings (SSSR count). The summed E-state index contributed by atoms with van der Waals surface area (Å²) < 4.78 is 0. The molecule has 2 aromatic rings. The van der Waals surface area contributed by atoms with Crippen molar-refractivity contribution in [3.05, 3.63) is 109 Å². The number of allylic oxidation sites excluding steroid dienone is 4. The van der Waals surface area contributed by atoms with Gasteiger partial charge in [-0.25, -0.2) is 0 Å². The molecule has 7 N–H and O–H groups in total. The Morgan fingerprint density at radius 2 is 0.986 bits per heavy atom. The zero-order chi connectivity index (χ0) is 51.9. The summed E-state index contributed by atoms with van der Waals surface area (Å²) in [6.07, 6.45) is 0.760. The smallest absolute Gasteiger partial charge is 0.209 e. The summed E-state index contributed by atoms with van der Waals surface area (Å²) >= 11 is 0. The second kappa shape index (κ2) is 16.0. The predicted molar refractivity (Wildman–Crippen MR) is 257 cm³/mol. The average Bonchev–Trinajstić information content (AvgIpc) is 3.22. The average molecular weight is 953 g/mol. The number of hydrogen-bond donors (Lipinski definition) is 7. The van der Waals surface area contributed by atoms with E-state index in [4.69, 9.17) is 0 Å². The molecule has 0 aliphatic heterocycles. The maximum absolute atomic E-state index is 14.6. The lowest BCUT2D eigenvalue weighted by Crippen LogP contribution is -2.67. The first-order chi connectivity index (χ1) is 32.4. The molecule has 0 amide bonds. The van der Waals surface area contributed by atoms with Gasteiger partial charge in [-0.15, -0.1) is 0 Å². The molecule has 0 saturated heterocycles. The highest BCUT2D eigenvalue weighted by Gasteiger charge is 2.73. The largest absolute Gasteiger partial charge is 0.511 e. The first-order valence-corrected chi connectivity index (χ1v) is 23.8. The number of unbranched alkanes of at least 4 members (excludes halogenated alkanes) is 1. The number of aliphatic hydroxyl groups excluding tert-OH is 4. The topological polar surface area (TPSA) is 244 Å². The number of aryl methyl sites for hydroxylation is 1. The van der Waals surface area contributed by atoms with E-state index < -0.39 is 119 Å². The lowest BCUT2D eigenvalue weighted by Gasteiger charge is -2.59. The number of rotatable bonds is 5. The number of aliphatic hydroxyl groups is 6. The van der Waals surface area contributed by atoms with Crippen LogP contribution in [0.3, 0.4) is 0 Å². The van der Waals surface area contributed by atoms with Gasteiger partial charge >= 0.3 is 0 Å². The van der Waals surface area contributed by atoms with Crippen molar-refractivity contribution in [2.75, 3.05) is 0 Å². The Kier molecular flexibility index (Phi) is 11.4. The van der Waals surface area contributed by atoms with Crippen LogP contribution in [0.1, 0.15) is 143 Å². The molecule has 0 spiro atoms. The van der Waals surface area contributed by atoms with E-state index in [1.165, 1.54) is 6.07 Å². The molecule has 13 heteroatoms. The van der Waals surface area contributed by atoms with Crippen LogP contribution in [0.4, 0.5) is 0 Å². The quantitative estimate of drug-likeness (QED) is 0.0861. The van der Waals surface area contributed by atoms with Gasteiger partial charge in [0.05, 0.1) is 5.56 Å². The normalized spacial score (nSPS) is 32.3. The summed E-state index contributed by atoms with van der Waals surface area (Å²) in [5.41, 5.74) is -9.58. The van der Waals surface area contributed by atoms with Gasteiger partial charge in [-0.1, -0.05) is 85.1 Å². The number of aromatic hydroxyl groups is 1. The highest BCUT2D eigenvalue weighted by Crippen LogP contribution is 2.67. The second-order valence-electron chi connectivity index (χ2n) is 22.3. The molecule has 0 fully saturated rings. The molecule has 13 nitrogen and oxygen atoms in total. The number of phenols is 1. The zero-order valence-corrected chi connectivity index (χ0v) is 41.4. The van der Waals surface area contributed by atoms with E-state index in [0.717, 1.165) is 13.8 Å². The second-order valence-corrected chi connectivity index (χ2v) is 22.3. The molecule has 0 aromatic heterocycles. The number of ketones is 6. The van der Waals surface area contributed by atoms with Crippen molar-refractivity contribution < 1.29 is 64.5 Å². The van der Waals surface area contributed by atoms with E-state index in [1.54, 1.807) is 74.4 Å². The van der Waals surface area contributed by atoms with Crippen LogP contribution < -0.4 is 0 Å². The molecule has 8 atom stereocenters. The minimum atomic E-state index is -2.72. The molecular formula is C57H60O13. The van der Waals surface area contributed by atoms with E-state index in [-0.39, 0.29) is 66.9 Å². The zero-order valence-electron chi connectivity index (χ0n) is 41.4. The van der Waals surface area contributed by atoms with Crippen LogP contribution in [0.25, 0.3) is 0 Å². The molecule has 2 unspecified atom stereocenters. The number of hydrogen-bond acceptors (Lipinski definition) is 13. The maximum Gasteiger partial charge on any atom is 0.209 e. The summed E-state index contributed by atoms with van der Waals surface area (Å²) in [5.74, 6) is 1.71. The Morgan fingerprint density at radius 1 is 0.614 bits per heavy atom. The highest BCUT2D eigenvalue weighted by atomic mass is 16.4. The van der Waals surface area contributed by atoms with Crippen molar-refractivity contribution in [2.24, 2.45) is 45.3 Å². The summed E-state index contributed by atoms with van der Waals surface area (Å²) in [4.78, 5) is 82.6. The third kappa shape index (κ3) is 6.33. The van der Waals surface area contributed by atoms with Crippen LogP contribution >= 0.6 is 0 Å². The van der Waals surface area contributed by atoms with Gasteiger partial charge in [0.25, 0.3) is 0 Å². The van der Waals surface area contributed by atoms with Crippen LogP contribution in [0.5, 0.6) is 5.75 Å². The molecule has 70 heavy (non-hydrogen) atoms. The number of benzene rings is 2. The molecule has 2 aromatic carbocycles. The van der Waals surface area contributed by atoms with Gasteiger partial charge < -0.3 is 35.7 Å².